The standard InChI is InChI=1S/C15H14N2/c1-3-16-14-9-12-11-6-4-5-7-13(11)17-15(12)8-10(14)2/h3-9,17H,1-2H3. The van der Waals surface area contributed by atoms with Crippen molar-refractivity contribution < 1.29 is 0 Å². The first-order valence-electron chi connectivity index (χ1n) is 5.79. The highest BCUT2D eigenvalue weighted by atomic mass is 14.7. The van der Waals surface area contributed by atoms with Gasteiger partial charge in [0.05, 0.1) is 5.69 Å². The molecule has 17 heavy (non-hydrogen) atoms. The van der Waals surface area contributed by atoms with Gasteiger partial charge in [-0.25, -0.2) is 0 Å². The van der Waals surface area contributed by atoms with Crippen LogP contribution in [0.1, 0.15) is 12.5 Å². The summed E-state index contributed by atoms with van der Waals surface area (Å²) in [7, 11) is 0. The first-order chi connectivity index (χ1) is 8.29. The maximum atomic E-state index is 4.40. The van der Waals surface area contributed by atoms with E-state index in [2.05, 4.69) is 53.3 Å². The molecular formula is C15H14N2. The summed E-state index contributed by atoms with van der Waals surface area (Å²) >= 11 is 0. The van der Waals surface area contributed by atoms with Crippen LogP contribution in [-0.2, 0) is 0 Å². The summed E-state index contributed by atoms with van der Waals surface area (Å²) in [5.74, 6) is 0. The number of hydrogen-bond acceptors (Lipinski definition) is 1. The molecule has 1 heterocycles. The molecule has 84 valence electrons. The van der Waals surface area contributed by atoms with E-state index in [0.717, 1.165) is 5.69 Å². The smallest absolute Gasteiger partial charge is 0.0662 e. The predicted molar refractivity (Wildman–Crippen MR) is 74.4 cm³/mol. The Balaban J connectivity index is 2.43. The number of aliphatic imine (C=N–C) groups is 1. The Morgan fingerprint density at radius 3 is 2.71 bits per heavy atom. The lowest BCUT2D eigenvalue weighted by atomic mass is 10.1. The van der Waals surface area contributed by atoms with Gasteiger partial charge < -0.3 is 4.98 Å². The minimum atomic E-state index is 1.05. The van der Waals surface area contributed by atoms with Gasteiger partial charge in [0.25, 0.3) is 0 Å². The molecule has 0 saturated carbocycles. The Morgan fingerprint density at radius 2 is 1.88 bits per heavy atom. The van der Waals surface area contributed by atoms with Gasteiger partial charge in [-0.15, -0.1) is 0 Å². The Hall–Kier alpha value is -2.09. The van der Waals surface area contributed by atoms with Crippen LogP contribution in [0.2, 0.25) is 0 Å². The van der Waals surface area contributed by atoms with E-state index in [0.29, 0.717) is 0 Å². The van der Waals surface area contributed by atoms with Crippen LogP contribution in [0.3, 0.4) is 0 Å². The Morgan fingerprint density at radius 1 is 1.06 bits per heavy atom. The highest BCUT2D eigenvalue weighted by molar-refractivity contribution is 6.08. The van der Waals surface area contributed by atoms with E-state index < -0.39 is 0 Å². The van der Waals surface area contributed by atoms with Crippen molar-refractivity contribution in [3.8, 4) is 0 Å². The second kappa shape index (κ2) is 3.74. The van der Waals surface area contributed by atoms with E-state index in [9.17, 15) is 0 Å². The number of hydrogen-bond donors (Lipinski definition) is 1. The van der Waals surface area contributed by atoms with Crippen LogP contribution < -0.4 is 0 Å². The molecule has 0 spiro atoms. The van der Waals surface area contributed by atoms with Crippen molar-refractivity contribution in [1.82, 2.24) is 4.98 Å². The largest absolute Gasteiger partial charge is 0.355 e. The van der Waals surface area contributed by atoms with E-state index >= 15 is 0 Å². The van der Waals surface area contributed by atoms with Crippen LogP contribution in [0, 0.1) is 6.92 Å². The molecular weight excluding hydrogens is 208 g/mol. The van der Waals surface area contributed by atoms with Crippen molar-refractivity contribution in [2.75, 3.05) is 0 Å². The monoisotopic (exact) mass is 222 g/mol. The predicted octanol–water partition coefficient (Wildman–Crippen LogP) is 4.35. The van der Waals surface area contributed by atoms with E-state index in [1.807, 2.05) is 13.1 Å². The molecule has 3 rings (SSSR count). The van der Waals surface area contributed by atoms with Crippen LogP contribution in [-0.4, -0.2) is 11.2 Å². The van der Waals surface area contributed by atoms with E-state index in [1.54, 1.807) is 0 Å². The van der Waals surface area contributed by atoms with Gasteiger partial charge in [-0.1, -0.05) is 18.2 Å². The molecule has 0 amide bonds. The lowest BCUT2D eigenvalue weighted by molar-refractivity contribution is 1.41. The maximum absolute atomic E-state index is 4.40. The van der Waals surface area contributed by atoms with Crippen molar-refractivity contribution in [3.63, 3.8) is 0 Å². The average Bonchev–Trinajstić information content (AvgIpc) is 2.67. The fourth-order valence-corrected chi connectivity index (χ4v) is 2.27. The number of H-pyrrole nitrogens is 1. The minimum Gasteiger partial charge on any atom is -0.355 e. The number of benzene rings is 2. The van der Waals surface area contributed by atoms with Gasteiger partial charge in [-0.3, -0.25) is 4.99 Å². The van der Waals surface area contributed by atoms with Gasteiger partial charge in [0.15, 0.2) is 0 Å². The van der Waals surface area contributed by atoms with E-state index in [-0.39, 0.29) is 0 Å². The molecule has 0 atom stereocenters. The molecule has 3 aromatic rings. The molecule has 0 bridgehead atoms. The van der Waals surface area contributed by atoms with Crippen molar-refractivity contribution in [2.24, 2.45) is 4.99 Å². The summed E-state index contributed by atoms with van der Waals surface area (Å²) in [6.07, 6.45) is 1.84. The molecule has 2 nitrogen and oxygen atoms in total. The minimum absolute atomic E-state index is 1.05. The zero-order valence-electron chi connectivity index (χ0n) is 9.99. The molecule has 2 aromatic carbocycles. The summed E-state index contributed by atoms with van der Waals surface area (Å²) in [5.41, 5.74) is 4.60. The number of aromatic nitrogens is 1. The highest BCUT2D eigenvalue weighted by Gasteiger charge is 2.06. The van der Waals surface area contributed by atoms with Gasteiger partial charge in [0.1, 0.15) is 0 Å². The van der Waals surface area contributed by atoms with Crippen LogP contribution in [0.5, 0.6) is 0 Å². The first-order valence-corrected chi connectivity index (χ1v) is 5.79. The third-order valence-corrected chi connectivity index (χ3v) is 3.09. The summed E-state index contributed by atoms with van der Waals surface area (Å²) in [4.78, 5) is 7.84. The Labute approximate surface area is 100.0 Å². The van der Waals surface area contributed by atoms with Gasteiger partial charge in [0, 0.05) is 28.0 Å². The molecule has 0 fully saturated rings. The van der Waals surface area contributed by atoms with Gasteiger partial charge >= 0.3 is 0 Å². The van der Waals surface area contributed by atoms with Gasteiger partial charge in [0.2, 0.25) is 0 Å². The number of fused-ring (bicyclic) bond motifs is 3. The number of nitrogens with one attached hydrogen (secondary N) is 1. The fourth-order valence-electron chi connectivity index (χ4n) is 2.27. The summed E-state index contributed by atoms with van der Waals surface area (Å²) in [6, 6.07) is 12.7. The number of para-hydroxylation sites is 1. The fraction of sp³-hybridized carbons (Fsp3) is 0.133. The molecule has 1 aromatic heterocycles. The molecule has 0 saturated heterocycles. The number of rotatable bonds is 1. The van der Waals surface area contributed by atoms with E-state index in [1.165, 1.54) is 27.4 Å². The molecule has 0 aliphatic rings. The topological polar surface area (TPSA) is 28.1 Å². The Bertz CT molecular complexity index is 720. The SMILES string of the molecule is CC=Nc1cc2c(cc1C)[nH]c1ccccc12. The lowest BCUT2D eigenvalue weighted by Crippen LogP contribution is -1.76. The average molecular weight is 222 g/mol. The summed E-state index contributed by atoms with van der Waals surface area (Å²) in [6.45, 7) is 4.03. The van der Waals surface area contributed by atoms with Crippen LogP contribution in [0.25, 0.3) is 21.8 Å². The van der Waals surface area contributed by atoms with Gasteiger partial charge in [-0.2, -0.15) is 0 Å². The van der Waals surface area contributed by atoms with Crippen LogP contribution in [0.15, 0.2) is 41.4 Å². The first kappa shape index (κ1) is 10.1. The van der Waals surface area contributed by atoms with Crippen LogP contribution >= 0.6 is 0 Å². The van der Waals surface area contributed by atoms with Crippen molar-refractivity contribution in [2.45, 2.75) is 13.8 Å². The number of aryl methyl sites for hydroxylation is 1. The normalized spacial score (nSPS) is 11.9. The summed E-state index contributed by atoms with van der Waals surface area (Å²) in [5, 5.41) is 2.50. The molecule has 0 aliphatic heterocycles. The maximum Gasteiger partial charge on any atom is 0.0662 e. The molecule has 1 N–H and O–H groups in total. The zero-order valence-corrected chi connectivity index (χ0v) is 9.99. The zero-order chi connectivity index (χ0) is 11.8. The third-order valence-electron chi connectivity index (χ3n) is 3.09. The second-order valence-corrected chi connectivity index (χ2v) is 4.24. The third kappa shape index (κ3) is 1.53. The highest BCUT2D eigenvalue weighted by Crippen LogP contribution is 2.31. The molecule has 2 heteroatoms. The van der Waals surface area contributed by atoms with Crippen LogP contribution in [0.4, 0.5) is 5.69 Å². The summed E-state index contributed by atoms with van der Waals surface area (Å²) < 4.78 is 0. The molecule has 0 unspecified atom stereocenters. The number of aromatic amines is 1. The van der Waals surface area contributed by atoms with Crippen molar-refractivity contribution in [3.05, 3.63) is 42.0 Å². The quantitative estimate of drug-likeness (QED) is 0.593. The van der Waals surface area contributed by atoms with Crippen molar-refractivity contribution in [1.29, 1.82) is 0 Å². The Kier molecular flexibility index (Phi) is 2.22. The lowest BCUT2D eigenvalue weighted by Gasteiger charge is -2.00. The van der Waals surface area contributed by atoms with Crippen molar-refractivity contribution >= 4 is 33.7 Å². The second-order valence-electron chi connectivity index (χ2n) is 4.24. The number of nitrogens with zero attached hydrogens (tertiary/aromatic N) is 1. The van der Waals surface area contributed by atoms with E-state index in [4.69, 9.17) is 0 Å². The van der Waals surface area contributed by atoms with Gasteiger partial charge in [-0.05, 0) is 37.6 Å². The molecule has 0 aliphatic carbocycles. The molecule has 0 radical (unpaired) electrons.